The predicted octanol–water partition coefficient (Wildman–Crippen LogP) is 0.732. The van der Waals surface area contributed by atoms with Crippen LogP contribution in [-0.2, 0) is 0 Å². The van der Waals surface area contributed by atoms with Gasteiger partial charge in [-0.25, -0.2) is 0 Å². The molecule has 0 aromatic heterocycles. The first-order valence-electron chi connectivity index (χ1n) is 4.95. The SMILES string of the molecule is NC[C@@H]1[C@H](CN)[C@H]2C=C[C@H]1CC2. The van der Waals surface area contributed by atoms with Gasteiger partial charge in [0, 0.05) is 0 Å². The Morgan fingerprint density at radius 2 is 1.33 bits per heavy atom. The van der Waals surface area contributed by atoms with E-state index in [1.807, 2.05) is 0 Å². The molecular formula is C10H18N2. The molecule has 3 rings (SSSR count). The lowest BCUT2D eigenvalue weighted by molar-refractivity contribution is 0.134. The lowest BCUT2D eigenvalue weighted by Crippen LogP contribution is -2.44. The third kappa shape index (κ3) is 1.10. The summed E-state index contributed by atoms with van der Waals surface area (Å²) in [4.78, 5) is 0. The Labute approximate surface area is 74.0 Å². The Hall–Kier alpha value is -0.340. The van der Waals surface area contributed by atoms with Crippen molar-refractivity contribution in [1.82, 2.24) is 0 Å². The summed E-state index contributed by atoms with van der Waals surface area (Å²) in [5.41, 5.74) is 11.5. The fraction of sp³-hybridized carbons (Fsp3) is 0.800. The van der Waals surface area contributed by atoms with E-state index in [0.717, 1.165) is 24.9 Å². The van der Waals surface area contributed by atoms with Gasteiger partial charge in [0.2, 0.25) is 0 Å². The number of allylic oxidation sites excluding steroid dienone is 2. The maximum Gasteiger partial charge on any atom is -0.00399 e. The van der Waals surface area contributed by atoms with Crippen LogP contribution < -0.4 is 11.5 Å². The first-order chi connectivity index (χ1) is 5.86. The van der Waals surface area contributed by atoms with Crippen LogP contribution in [0, 0.1) is 23.7 Å². The van der Waals surface area contributed by atoms with Crippen LogP contribution in [0.4, 0.5) is 0 Å². The van der Waals surface area contributed by atoms with Gasteiger partial charge in [0.15, 0.2) is 0 Å². The smallest absolute Gasteiger partial charge is 0.00399 e. The van der Waals surface area contributed by atoms with Crippen molar-refractivity contribution in [1.29, 1.82) is 0 Å². The molecule has 1 fully saturated rings. The molecule has 12 heavy (non-hydrogen) atoms. The number of fused-ring (bicyclic) bond motifs is 2. The third-order valence-electron chi connectivity index (χ3n) is 3.63. The van der Waals surface area contributed by atoms with Crippen molar-refractivity contribution in [3.8, 4) is 0 Å². The Balaban J connectivity index is 2.18. The van der Waals surface area contributed by atoms with Crippen molar-refractivity contribution in [3.05, 3.63) is 12.2 Å². The largest absolute Gasteiger partial charge is 0.330 e. The zero-order valence-electron chi connectivity index (χ0n) is 7.45. The molecule has 2 heteroatoms. The van der Waals surface area contributed by atoms with Crippen LogP contribution in [-0.4, -0.2) is 13.1 Å². The summed E-state index contributed by atoms with van der Waals surface area (Å²) >= 11 is 0. The molecule has 4 N–H and O–H groups in total. The van der Waals surface area contributed by atoms with E-state index in [-0.39, 0.29) is 0 Å². The Morgan fingerprint density at radius 3 is 1.58 bits per heavy atom. The first-order valence-corrected chi connectivity index (χ1v) is 4.95. The zero-order valence-corrected chi connectivity index (χ0v) is 7.45. The highest BCUT2D eigenvalue weighted by molar-refractivity contribution is 5.09. The molecule has 0 unspecified atom stereocenters. The molecule has 68 valence electrons. The minimum atomic E-state index is 0.666. The van der Waals surface area contributed by atoms with Gasteiger partial charge in [0.05, 0.1) is 0 Å². The molecule has 4 atom stereocenters. The quantitative estimate of drug-likeness (QED) is 0.594. The minimum Gasteiger partial charge on any atom is -0.330 e. The molecule has 0 amide bonds. The molecule has 0 spiro atoms. The van der Waals surface area contributed by atoms with Gasteiger partial charge in [-0.1, -0.05) is 12.2 Å². The monoisotopic (exact) mass is 166 g/mol. The first kappa shape index (κ1) is 8.27. The topological polar surface area (TPSA) is 52.0 Å². The average molecular weight is 166 g/mol. The van der Waals surface area contributed by atoms with Crippen molar-refractivity contribution in [2.75, 3.05) is 13.1 Å². The fourth-order valence-corrected chi connectivity index (χ4v) is 2.91. The van der Waals surface area contributed by atoms with Gasteiger partial charge in [-0.2, -0.15) is 0 Å². The van der Waals surface area contributed by atoms with Gasteiger partial charge in [0.1, 0.15) is 0 Å². The van der Waals surface area contributed by atoms with Crippen LogP contribution in [0.25, 0.3) is 0 Å². The molecule has 0 aromatic rings. The summed E-state index contributed by atoms with van der Waals surface area (Å²) in [5, 5.41) is 0. The number of hydrogen-bond donors (Lipinski definition) is 2. The molecule has 3 aliphatic carbocycles. The Kier molecular flexibility index (Phi) is 2.20. The van der Waals surface area contributed by atoms with Crippen molar-refractivity contribution in [3.63, 3.8) is 0 Å². The highest BCUT2D eigenvalue weighted by Crippen LogP contribution is 2.43. The third-order valence-corrected chi connectivity index (χ3v) is 3.63. The number of nitrogens with two attached hydrogens (primary N) is 2. The second-order valence-corrected chi connectivity index (χ2v) is 4.09. The Bertz CT molecular complexity index is 168. The summed E-state index contributed by atoms with van der Waals surface area (Å²) in [5.74, 6) is 2.79. The standard InChI is InChI=1S/C10H18N2/c11-5-9-7-1-2-8(4-3-7)10(9)6-12/h1-2,7-10H,3-6,11-12H2/t7-,8-,9-,10+/m0/s1. The van der Waals surface area contributed by atoms with E-state index >= 15 is 0 Å². The molecule has 2 nitrogen and oxygen atoms in total. The van der Waals surface area contributed by atoms with Gasteiger partial charge in [-0.05, 0) is 49.6 Å². The summed E-state index contributed by atoms with van der Waals surface area (Å²) in [6, 6.07) is 0. The maximum absolute atomic E-state index is 5.77. The van der Waals surface area contributed by atoms with E-state index < -0.39 is 0 Å². The molecule has 0 radical (unpaired) electrons. The van der Waals surface area contributed by atoms with E-state index in [2.05, 4.69) is 12.2 Å². The lowest BCUT2D eigenvalue weighted by atomic mass is 9.62. The van der Waals surface area contributed by atoms with E-state index in [1.54, 1.807) is 0 Å². The van der Waals surface area contributed by atoms with Gasteiger partial charge in [-0.15, -0.1) is 0 Å². The summed E-state index contributed by atoms with van der Waals surface area (Å²) in [7, 11) is 0. The molecule has 1 saturated carbocycles. The van der Waals surface area contributed by atoms with E-state index in [1.165, 1.54) is 12.8 Å². The van der Waals surface area contributed by atoms with E-state index in [4.69, 9.17) is 11.5 Å². The summed E-state index contributed by atoms with van der Waals surface area (Å²) in [6.45, 7) is 1.63. The molecule has 0 heterocycles. The molecule has 0 saturated heterocycles. The normalized spacial score (nSPS) is 45.2. The van der Waals surface area contributed by atoms with Crippen LogP contribution in [0.15, 0.2) is 12.2 Å². The minimum absolute atomic E-state index is 0.666. The van der Waals surface area contributed by atoms with Crippen LogP contribution in [0.1, 0.15) is 12.8 Å². The van der Waals surface area contributed by atoms with Crippen molar-refractivity contribution >= 4 is 0 Å². The van der Waals surface area contributed by atoms with Crippen molar-refractivity contribution in [2.24, 2.45) is 35.1 Å². The summed E-state index contributed by atoms with van der Waals surface area (Å²) in [6.07, 6.45) is 7.38. The van der Waals surface area contributed by atoms with E-state index in [0.29, 0.717) is 11.8 Å². The van der Waals surface area contributed by atoms with Gasteiger partial charge in [-0.3, -0.25) is 0 Å². The second kappa shape index (κ2) is 3.19. The highest BCUT2D eigenvalue weighted by atomic mass is 14.6. The average Bonchev–Trinajstić information content (AvgIpc) is 2.18. The number of hydrogen-bond acceptors (Lipinski definition) is 2. The fourth-order valence-electron chi connectivity index (χ4n) is 2.91. The lowest BCUT2D eigenvalue weighted by Gasteiger charge is -2.44. The zero-order chi connectivity index (χ0) is 8.55. The van der Waals surface area contributed by atoms with Gasteiger partial charge in [0.25, 0.3) is 0 Å². The van der Waals surface area contributed by atoms with Gasteiger partial charge >= 0.3 is 0 Å². The van der Waals surface area contributed by atoms with Crippen LogP contribution in [0.5, 0.6) is 0 Å². The number of rotatable bonds is 2. The highest BCUT2D eigenvalue weighted by Gasteiger charge is 2.38. The second-order valence-electron chi connectivity index (χ2n) is 4.09. The van der Waals surface area contributed by atoms with Crippen LogP contribution in [0.3, 0.4) is 0 Å². The molecule has 3 aliphatic rings. The van der Waals surface area contributed by atoms with Gasteiger partial charge < -0.3 is 11.5 Å². The molecule has 2 bridgehead atoms. The predicted molar refractivity (Wildman–Crippen MR) is 50.4 cm³/mol. The summed E-state index contributed by atoms with van der Waals surface area (Å²) < 4.78 is 0. The molecular weight excluding hydrogens is 148 g/mol. The van der Waals surface area contributed by atoms with Crippen LogP contribution in [0.2, 0.25) is 0 Å². The van der Waals surface area contributed by atoms with Crippen LogP contribution >= 0.6 is 0 Å². The molecule has 0 aliphatic heterocycles. The maximum atomic E-state index is 5.77. The van der Waals surface area contributed by atoms with Crippen molar-refractivity contribution < 1.29 is 0 Å². The van der Waals surface area contributed by atoms with E-state index in [9.17, 15) is 0 Å². The molecule has 0 aromatic carbocycles. The Morgan fingerprint density at radius 1 is 0.917 bits per heavy atom. The van der Waals surface area contributed by atoms with Crippen molar-refractivity contribution in [2.45, 2.75) is 12.8 Å².